The fraction of sp³-hybridized carbons (Fsp3) is 1.00. The van der Waals surface area contributed by atoms with Crippen LogP contribution in [-0.4, -0.2) is 51.6 Å². The first-order valence-electron chi connectivity index (χ1n) is 29.1. The summed E-state index contributed by atoms with van der Waals surface area (Å²) in [5.74, 6) is 0. The number of hydrogen-bond donors (Lipinski definition) is 0. The van der Waals surface area contributed by atoms with Crippen molar-refractivity contribution in [2.75, 3.05) is 13.2 Å². The zero-order chi connectivity index (χ0) is 44.5. The van der Waals surface area contributed by atoms with Crippen molar-refractivity contribution in [3.8, 4) is 0 Å². The van der Waals surface area contributed by atoms with Crippen LogP contribution >= 0.6 is 0 Å². The van der Waals surface area contributed by atoms with Crippen molar-refractivity contribution >= 4 is 38.4 Å². The number of rotatable bonds is 54. The molecule has 368 valence electrons. The fourth-order valence-corrected chi connectivity index (χ4v) is 51.1. The van der Waals surface area contributed by atoms with Crippen LogP contribution in [-0.2, 0) is 7.56 Å². The van der Waals surface area contributed by atoms with Gasteiger partial charge in [-0.05, 0) is 0 Å². The number of unbranched alkanes of at least 4 members (excludes halogenated alkanes) is 38. The average Bonchev–Trinajstić information content (AvgIpc) is 3.26. The molecule has 0 rings (SSSR count). The quantitative estimate of drug-likeness (QED) is 0.0449. The third-order valence-electron chi connectivity index (χ3n) is 13.7. The van der Waals surface area contributed by atoms with E-state index in [1.165, 1.54) is 300 Å². The van der Waals surface area contributed by atoms with Crippen LogP contribution in [0.5, 0.6) is 0 Å². The summed E-state index contributed by atoms with van der Waals surface area (Å²) in [5, 5.41) is 0. The molecule has 0 bridgehead atoms. The maximum atomic E-state index is 8.30. The van der Waals surface area contributed by atoms with Crippen LogP contribution in [0.25, 0.3) is 0 Å². The molecule has 0 aliphatic rings. The van der Waals surface area contributed by atoms with Crippen LogP contribution in [0.4, 0.5) is 0 Å². The van der Waals surface area contributed by atoms with E-state index in [4.69, 9.17) is 7.56 Å². The van der Waals surface area contributed by atoms with E-state index in [9.17, 15) is 0 Å². The van der Waals surface area contributed by atoms with Gasteiger partial charge < -0.3 is 0 Å². The van der Waals surface area contributed by atoms with Crippen molar-refractivity contribution in [2.45, 2.75) is 342 Å². The van der Waals surface area contributed by atoms with E-state index in [1.807, 2.05) is 0 Å². The summed E-state index contributed by atoms with van der Waals surface area (Å²) in [6.45, 7) is 16.0. The van der Waals surface area contributed by atoms with Crippen molar-refractivity contribution in [3.63, 3.8) is 0 Å². The van der Waals surface area contributed by atoms with Crippen LogP contribution < -0.4 is 0 Å². The summed E-state index contributed by atoms with van der Waals surface area (Å²) in [6, 6.07) is 0. The topological polar surface area (TPSA) is 27.7 Å². The van der Waals surface area contributed by atoms with E-state index in [1.54, 1.807) is 0 Å². The average molecular weight is 1080 g/mol. The van der Waals surface area contributed by atoms with Crippen molar-refractivity contribution in [1.82, 2.24) is 0 Å². The van der Waals surface area contributed by atoms with Crippen LogP contribution in [0.15, 0.2) is 0 Å². The van der Waals surface area contributed by atoms with Gasteiger partial charge in [0.2, 0.25) is 0 Å². The summed E-state index contributed by atoms with van der Waals surface area (Å²) in [5.41, 5.74) is 0. The first kappa shape index (κ1) is 62.5. The van der Waals surface area contributed by atoms with Crippen LogP contribution in [0.2, 0.25) is 17.7 Å². The predicted octanol–water partition coefficient (Wildman–Crippen LogP) is 21.2. The van der Waals surface area contributed by atoms with Crippen LogP contribution in [0, 0.1) is 0 Å². The van der Waals surface area contributed by atoms with E-state index in [0.29, 0.717) is 0 Å². The molecule has 0 aliphatic heterocycles. The summed E-state index contributed by atoms with van der Waals surface area (Å²) in [7, 11) is 0. The van der Waals surface area contributed by atoms with E-state index in [-0.39, 0.29) is 0 Å². The minimum absolute atomic E-state index is 0.965. The summed E-state index contributed by atoms with van der Waals surface area (Å²) >= 11 is -6.98. The fourth-order valence-electron chi connectivity index (χ4n) is 9.53. The molecule has 5 heteroatoms. The Morgan fingerprint density at radius 2 is 0.361 bits per heavy atom. The molecule has 0 aromatic heterocycles. The zero-order valence-electron chi connectivity index (χ0n) is 43.6. The van der Waals surface area contributed by atoms with Gasteiger partial charge in [0, 0.05) is 0 Å². The van der Waals surface area contributed by atoms with Crippen molar-refractivity contribution in [3.05, 3.63) is 0 Å². The van der Waals surface area contributed by atoms with Gasteiger partial charge in [-0.25, -0.2) is 0 Å². The Bertz CT molecular complexity index is 713. The first-order chi connectivity index (χ1) is 30.1. The second-order valence-electron chi connectivity index (χ2n) is 20.1. The molecule has 0 saturated heterocycles. The minimum Gasteiger partial charge on any atom is -0.0654 e. The Hall–Kier alpha value is 1.48. The van der Waals surface area contributed by atoms with Gasteiger partial charge in [0.05, 0.1) is 0 Å². The van der Waals surface area contributed by atoms with Gasteiger partial charge in [-0.3, -0.25) is 0 Å². The van der Waals surface area contributed by atoms with Gasteiger partial charge in [-0.2, -0.15) is 0 Å². The normalized spacial score (nSPS) is 12.3. The summed E-state index contributed by atoms with van der Waals surface area (Å²) in [4.78, 5) is 0. The molecule has 61 heavy (non-hydrogen) atoms. The van der Waals surface area contributed by atoms with E-state index in [2.05, 4.69) is 41.5 Å². The van der Waals surface area contributed by atoms with Crippen molar-refractivity contribution < 1.29 is 7.56 Å². The Balaban J connectivity index is 6.27. The molecular formula is C56H118O3Sn2. The molecule has 0 spiro atoms. The second kappa shape index (κ2) is 50.9. The Labute approximate surface area is 398 Å². The van der Waals surface area contributed by atoms with Gasteiger partial charge >= 0.3 is 387 Å². The molecule has 0 radical (unpaired) electrons. The van der Waals surface area contributed by atoms with Gasteiger partial charge in [0.15, 0.2) is 0 Å². The Morgan fingerprint density at radius 3 is 0.557 bits per heavy atom. The van der Waals surface area contributed by atoms with E-state index < -0.39 is 38.4 Å². The molecular weight excluding hydrogens is 958 g/mol. The molecule has 0 unspecified atom stereocenters. The Morgan fingerprint density at radius 1 is 0.197 bits per heavy atom. The SMILES string of the molecule is CCCCCCCCCCCC[O][Sn]([CH2]CCCCCCC)([CH2]CCCCCCC)[O][Sn]([CH2]CCCCCCC)([CH2]CCCCCCC)[O]CCCCCCCCCCCC. The van der Waals surface area contributed by atoms with Crippen molar-refractivity contribution in [2.24, 2.45) is 0 Å². The van der Waals surface area contributed by atoms with Gasteiger partial charge in [0.1, 0.15) is 0 Å². The first-order valence-corrected chi connectivity index (χ1v) is 41.8. The molecule has 0 saturated carbocycles. The summed E-state index contributed by atoms with van der Waals surface area (Å²) in [6.07, 6.45) is 60.6. The Kier molecular flexibility index (Phi) is 52.1. The molecule has 3 nitrogen and oxygen atoms in total. The molecule has 0 atom stereocenters. The number of hydrogen-bond acceptors (Lipinski definition) is 3. The second-order valence-corrected chi connectivity index (χ2v) is 42.3. The standard InChI is InChI=1S/2C12H25O.4C8H17.O.2Sn/c2*1-2-3-4-5-6-7-8-9-10-11-12-13;4*1-3-5-7-8-6-4-2;;;/h2*2-12H2,1H3;4*1,3-8H2,2H3;;;/q2*-1;;;;;;2*+1. The molecule has 0 N–H and O–H groups in total. The van der Waals surface area contributed by atoms with E-state index in [0.717, 1.165) is 13.2 Å². The third-order valence-corrected chi connectivity index (χ3v) is 47.0. The molecule has 0 amide bonds. The minimum atomic E-state index is -3.49. The van der Waals surface area contributed by atoms with Gasteiger partial charge in [-0.1, -0.05) is 13.8 Å². The van der Waals surface area contributed by atoms with Crippen molar-refractivity contribution in [1.29, 1.82) is 0 Å². The van der Waals surface area contributed by atoms with E-state index >= 15 is 0 Å². The van der Waals surface area contributed by atoms with Crippen LogP contribution in [0.3, 0.4) is 0 Å². The molecule has 0 aromatic rings. The summed E-state index contributed by atoms with van der Waals surface area (Å²) < 4.78 is 28.7. The third kappa shape index (κ3) is 42.6. The van der Waals surface area contributed by atoms with Gasteiger partial charge in [-0.15, -0.1) is 0 Å². The molecule has 0 aromatic carbocycles. The van der Waals surface area contributed by atoms with Gasteiger partial charge in [0.25, 0.3) is 0 Å². The molecule has 0 aliphatic carbocycles. The molecule has 0 heterocycles. The monoisotopic (exact) mass is 1080 g/mol. The smallest absolute Gasteiger partial charge is 0.0654 e. The predicted molar refractivity (Wildman–Crippen MR) is 281 cm³/mol. The maximum absolute atomic E-state index is 8.30. The zero-order valence-corrected chi connectivity index (χ0v) is 49.3. The molecule has 0 fully saturated rings. The van der Waals surface area contributed by atoms with Crippen LogP contribution in [0.1, 0.15) is 324 Å².